The number of aromatic hydroxyl groups is 1. The molecule has 9 nitrogen and oxygen atoms in total. The van der Waals surface area contributed by atoms with Gasteiger partial charge in [-0.05, 0) is 44.5 Å². The SMILES string of the molecule is CCOC(=O)/C=c1/s/c(=C/c2cc(OC)c(O)c(OC)c2)c(=O)n1CC(=O)N(CC)CC. The van der Waals surface area contributed by atoms with E-state index >= 15 is 0 Å². The Kier molecular flexibility index (Phi) is 8.89. The zero-order valence-corrected chi connectivity index (χ0v) is 19.7. The van der Waals surface area contributed by atoms with E-state index in [-0.39, 0.29) is 36.3 Å². The summed E-state index contributed by atoms with van der Waals surface area (Å²) in [6, 6.07) is 3.11. The van der Waals surface area contributed by atoms with Crippen LogP contribution in [0, 0.1) is 0 Å². The summed E-state index contributed by atoms with van der Waals surface area (Å²) in [6.07, 6.45) is 2.79. The Hall–Kier alpha value is -3.27. The maximum Gasteiger partial charge on any atom is 0.333 e. The van der Waals surface area contributed by atoms with Crippen LogP contribution in [0.2, 0.25) is 0 Å². The van der Waals surface area contributed by atoms with Crippen LogP contribution in [0.1, 0.15) is 26.3 Å². The molecule has 0 atom stereocenters. The van der Waals surface area contributed by atoms with Crippen molar-refractivity contribution in [3.63, 3.8) is 0 Å². The second-order valence-electron chi connectivity index (χ2n) is 6.58. The van der Waals surface area contributed by atoms with Crippen molar-refractivity contribution in [1.29, 1.82) is 0 Å². The number of hydrogen-bond donors (Lipinski definition) is 1. The number of rotatable bonds is 9. The number of likely N-dealkylation sites (N-methyl/N-ethyl adjacent to an activating group) is 1. The Labute approximate surface area is 189 Å². The van der Waals surface area contributed by atoms with E-state index in [9.17, 15) is 19.5 Å². The number of thiazole rings is 1. The Morgan fingerprint density at radius 3 is 2.22 bits per heavy atom. The largest absolute Gasteiger partial charge is 0.502 e. The summed E-state index contributed by atoms with van der Waals surface area (Å²) in [6.45, 7) is 6.41. The minimum atomic E-state index is -0.600. The van der Waals surface area contributed by atoms with E-state index in [1.54, 1.807) is 30.0 Å². The molecule has 1 N–H and O–H groups in total. The van der Waals surface area contributed by atoms with Gasteiger partial charge < -0.3 is 24.2 Å². The number of aromatic nitrogens is 1. The lowest BCUT2D eigenvalue weighted by Crippen LogP contribution is -2.40. The third kappa shape index (κ3) is 5.70. The molecule has 0 aliphatic carbocycles. The summed E-state index contributed by atoms with van der Waals surface area (Å²) in [5.74, 6) is -0.618. The van der Waals surface area contributed by atoms with Gasteiger partial charge in [0, 0.05) is 13.1 Å². The Morgan fingerprint density at radius 1 is 1.12 bits per heavy atom. The maximum atomic E-state index is 13.1. The molecular weight excluding hydrogens is 436 g/mol. The molecule has 2 aromatic rings. The van der Waals surface area contributed by atoms with Crippen LogP contribution in [0.25, 0.3) is 12.2 Å². The first-order valence-electron chi connectivity index (χ1n) is 10.1. The predicted molar refractivity (Wildman–Crippen MR) is 122 cm³/mol. The molecule has 1 amide bonds. The average Bonchev–Trinajstić information content (AvgIpc) is 3.04. The predicted octanol–water partition coefficient (Wildman–Crippen LogP) is 0.673. The quantitative estimate of drug-likeness (QED) is 0.544. The van der Waals surface area contributed by atoms with E-state index in [4.69, 9.17) is 14.2 Å². The number of benzene rings is 1. The second kappa shape index (κ2) is 11.4. The third-order valence-corrected chi connectivity index (χ3v) is 5.73. The highest BCUT2D eigenvalue weighted by atomic mass is 32.1. The molecule has 0 aliphatic rings. The number of carbonyl (C=O) groups excluding carboxylic acids is 2. The number of phenolic OH excluding ortho intramolecular Hbond substituents is 1. The van der Waals surface area contributed by atoms with E-state index in [0.717, 1.165) is 11.3 Å². The number of phenols is 1. The highest BCUT2D eigenvalue weighted by molar-refractivity contribution is 7.07. The zero-order chi connectivity index (χ0) is 23.8. The molecule has 10 heteroatoms. The summed E-state index contributed by atoms with van der Waals surface area (Å²) < 4.78 is 17.2. The van der Waals surface area contributed by atoms with Gasteiger partial charge in [0.05, 0.1) is 31.4 Å². The molecule has 0 fully saturated rings. The fourth-order valence-electron chi connectivity index (χ4n) is 3.04. The molecule has 0 saturated carbocycles. The summed E-state index contributed by atoms with van der Waals surface area (Å²) in [5, 5.41) is 10.1. The van der Waals surface area contributed by atoms with E-state index in [2.05, 4.69) is 0 Å². The van der Waals surface area contributed by atoms with Crippen molar-refractivity contribution in [1.82, 2.24) is 9.47 Å². The smallest absolute Gasteiger partial charge is 0.333 e. The van der Waals surface area contributed by atoms with Crippen molar-refractivity contribution in [2.24, 2.45) is 0 Å². The summed E-state index contributed by atoms with van der Waals surface area (Å²) in [7, 11) is 2.81. The van der Waals surface area contributed by atoms with Crippen molar-refractivity contribution in [3.8, 4) is 17.2 Å². The number of carbonyl (C=O) groups is 2. The third-order valence-electron chi connectivity index (χ3n) is 4.67. The number of esters is 1. The van der Waals surface area contributed by atoms with Gasteiger partial charge in [0.25, 0.3) is 5.56 Å². The molecule has 0 aliphatic heterocycles. The van der Waals surface area contributed by atoms with Gasteiger partial charge in [0.1, 0.15) is 11.2 Å². The maximum absolute atomic E-state index is 13.1. The molecule has 0 bridgehead atoms. The van der Waals surface area contributed by atoms with Crippen molar-refractivity contribution >= 4 is 35.4 Å². The van der Waals surface area contributed by atoms with Gasteiger partial charge in [-0.3, -0.25) is 14.2 Å². The van der Waals surface area contributed by atoms with Crippen molar-refractivity contribution < 1.29 is 28.9 Å². The standard InChI is InChI=1S/C22H28N2O7S/c1-6-23(7-2)18(25)13-24-19(12-20(26)31-8-3)32-17(22(24)28)11-14-9-15(29-4)21(27)16(10-14)30-5/h9-12,27H,6-8,13H2,1-5H3/b17-11+,19-12+. The lowest BCUT2D eigenvalue weighted by atomic mass is 10.1. The fourth-order valence-corrected chi connectivity index (χ4v) is 4.07. The van der Waals surface area contributed by atoms with Gasteiger partial charge in [-0.15, -0.1) is 11.3 Å². The molecular formula is C22H28N2O7S. The first kappa shape index (κ1) is 25.0. The van der Waals surface area contributed by atoms with Gasteiger partial charge in [-0.2, -0.15) is 0 Å². The lowest BCUT2D eigenvalue weighted by Gasteiger charge is -2.18. The van der Waals surface area contributed by atoms with Crippen LogP contribution in [0.15, 0.2) is 16.9 Å². The molecule has 0 saturated heterocycles. The number of methoxy groups -OCH3 is 2. The van der Waals surface area contributed by atoms with E-state index in [1.165, 1.54) is 24.9 Å². The van der Waals surface area contributed by atoms with Gasteiger partial charge in [-0.25, -0.2) is 4.79 Å². The fraction of sp³-hybridized carbons (Fsp3) is 0.409. The van der Waals surface area contributed by atoms with Gasteiger partial charge in [0.15, 0.2) is 11.5 Å². The Balaban J connectivity index is 2.68. The first-order chi connectivity index (χ1) is 15.3. The molecule has 0 radical (unpaired) electrons. The van der Waals surface area contributed by atoms with E-state index < -0.39 is 11.5 Å². The molecule has 1 heterocycles. The monoisotopic (exact) mass is 464 g/mol. The van der Waals surface area contributed by atoms with Gasteiger partial charge in [-0.1, -0.05) is 0 Å². The second-order valence-corrected chi connectivity index (χ2v) is 7.64. The minimum absolute atomic E-state index is 0.156. The molecule has 1 aromatic carbocycles. The van der Waals surface area contributed by atoms with Crippen LogP contribution in [0.3, 0.4) is 0 Å². The van der Waals surface area contributed by atoms with Crippen molar-refractivity contribution in [3.05, 3.63) is 37.2 Å². The van der Waals surface area contributed by atoms with Crippen LogP contribution >= 0.6 is 11.3 Å². The lowest BCUT2D eigenvalue weighted by molar-refractivity contribution is -0.135. The summed E-state index contributed by atoms with van der Waals surface area (Å²) >= 11 is 1.06. The van der Waals surface area contributed by atoms with Crippen molar-refractivity contribution in [2.75, 3.05) is 33.9 Å². The van der Waals surface area contributed by atoms with Crippen LogP contribution in [-0.4, -0.2) is 60.4 Å². The number of amides is 1. The van der Waals surface area contributed by atoms with Crippen LogP contribution in [0.5, 0.6) is 17.2 Å². The summed E-state index contributed by atoms with van der Waals surface area (Å²) in [4.78, 5) is 39.4. The molecule has 174 valence electrons. The number of hydrogen-bond acceptors (Lipinski definition) is 8. The van der Waals surface area contributed by atoms with Crippen LogP contribution in [0.4, 0.5) is 0 Å². The van der Waals surface area contributed by atoms with E-state index in [1.807, 2.05) is 13.8 Å². The Bertz CT molecular complexity index is 1120. The van der Waals surface area contributed by atoms with Crippen LogP contribution < -0.4 is 24.2 Å². The molecule has 2 rings (SSSR count). The van der Waals surface area contributed by atoms with E-state index in [0.29, 0.717) is 27.8 Å². The average molecular weight is 465 g/mol. The molecule has 0 spiro atoms. The normalized spacial score (nSPS) is 12.0. The van der Waals surface area contributed by atoms with Gasteiger partial charge >= 0.3 is 5.97 Å². The minimum Gasteiger partial charge on any atom is -0.502 e. The molecule has 0 unspecified atom stereocenters. The topological polar surface area (TPSA) is 107 Å². The Morgan fingerprint density at radius 2 is 1.72 bits per heavy atom. The highest BCUT2D eigenvalue weighted by Crippen LogP contribution is 2.37. The van der Waals surface area contributed by atoms with Crippen LogP contribution in [-0.2, 0) is 20.9 Å². The summed E-state index contributed by atoms with van der Waals surface area (Å²) in [5.41, 5.74) is 0.122. The molecule has 1 aromatic heterocycles. The highest BCUT2D eigenvalue weighted by Gasteiger charge is 2.16. The zero-order valence-electron chi connectivity index (χ0n) is 18.8. The molecule has 32 heavy (non-hydrogen) atoms. The number of ether oxygens (including phenoxy) is 3. The van der Waals surface area contributed by atoms with Gasteiger partial charge in [0.2, 0.25) is 11.7 Å². The number of nitrogens with zero attached hydrogens (tertiary/aromatic N) is 2. The van der Waals surface area contributed by atoms with Crippen molar-refractivity contribution in [2.45, 2.75) is 27.3 Å². The first-order valence-corrected chi connectivity index (χ1v) is 10.9.